The van der Waals surface area contributed by atoms with Gasteiger partial charge in [0, 0.05) is 36.5 Å². The van der Waals surface area contributed by atoms with E-state index in [4.69, 9.17) is 11.6 Å². The van der Waals surface area contributed by atoms with E-state index in [0.717, 1.165) is 17.8 Å². The number of halogens is 1. The topological polar surface area (TPSA) is 15.3 Å². The highest BCUT2D eigenvalue weighted by molar-refractivity contribution is 6.25. The van der Waals surface area contributed by atoms with Gasteiger partial charge in [-0.25, -0.2) is 0 Å². The van der Waals surface area contributed by atoms with E-state index >= 15 is 0 Å². The quantitative estimate of drug-likeness (QED) is 0.875. The van der Waals surface area contributed by atoms with Gasteiger partial charge in [0.1, 0.15) is 0 Å². The lowest BCUT2D eigenvalue weighted by molar-refractivity contribution is 0.578. The molecular weight excluding hydrogens is 244 g/mol. The summed E-state index contributed by atoms with van der Waals surface area (Å²) < 4.78 is 0. The zero-order valence-electron chi connectivity index (χ0n) is 11.0. The van der Waals surface area contributed by atoms with Gasteiger partial charge >= 0.3 is 0 Å². The summed E-state index contributed by atoms with van der Waals surface area (Å²) in [6, 6.07) is 8.69. The molecule has 0 saturated carbocycles. The molecule has 98 valence electrons. The van der Waals surface area contributed by atoms with Crippen LogP contribution in [0.4, 0.5) is 11.4 Å². The van der Waals surface area contributed by atoms with Crippen molar-refractivity contribution in [3.63, 3.8) is 0 Å². The van der Waals surface area contributed by atoms with Crippen LogP contribution in [0.2, 0.25) is 0 Å². The van der Waals surface area contributed by atoms with Gasteiger partial charge in [0.15, 0.2) is 0 Å². The summed E-state index contributed by atoms with van der Waals surface area (Å²) in [5.41, 5.74) is 5.24. The van der Waals surface area contributed by atoms with Gasteiger partial charge in [0.2, 0.25) is 0 Å². The van der Waals surface area contributed by atoms with Crippen molar-refractivity contribution in [1.29, 1.82) is 0 Å². The van der Waals surface area contributed by atoms with Crippen molar-refractivity contribution in [3.05, 3.63) is 35.4 Å². The first-order valence-corrected chi connectivity index (χ1v) is 7.08. The van der Waals surface area contributed by atoms with E-state index in [1.807, 2.05) is 6.92 Å². The van der Waals surface area contributed by atoms with Crippen LogP contribution < -0.4 is 10.2 Å². The number of hydrogen-bond donors (Lipinski definition) is 1. The molecule has 0 unspecified atom stereocenters. The summed E-state index contributed by atoms with van der Waals surface area (Å²) in [6.45, 7) is 5.20. The molecule has 3 heteroatoms. The van der Waals surface area contributed by atoms with E-state index in [2.05, 4.69) is 34.5 Å². The first-order valence-electron chi connectivity index (χ1n) is 6.64. The molecule has 0 spiro atoms. The van der Waals surface area contributed by atoms with Crippen molar-refractivity contribution >= 4 is 23.0 Å². The smallest absolute Gasteiger partial charge is 0.0369 e. The molecule has 1 N–H and O–H groups in total. The van der Waals surface area contributed by atoms with Crippen LogP contribution in [-0.2, 0) is 0 Å². The molecule has 0 bridgehead atoms. The van der Waals surface area contributed by atoms with Gasteiger partial charge in [-0.1, -0.05) is 11.6 Å². The fourth-order valence-electron chi connectivity index (χ4n) is 2.22. The largest absolute Gasteiger partial charge is 0.381 e. The molecule has 0 aromatic heterocycles. The van der Waals surface area contributed by atoms with Crippen molar-refractivity contribution in [1.82, 2.24) is 0 Å². The van der Waals surface area contributed by atoms with Crippen molar-refractivity contribution in [2.24, 2.45) is 0 Å². The van der Waals surface area contributed by atoms with Crippen LogP contribution in [0.1, 0.15) is 26.2 Å². The zero-order valence-corrected chi connectivity index (χ0v) is 11.7. The summed E-state index contributed by atoms with van der Waals surface area (Å²) in [4.78, 5) is 2.47. The summed E-state index contributed by atoms with van der Waals surface area (Å²) >= 11 is 5.64. The van der Waals surface area contributed by atoms with Crippen molar-refractivity contribution < 1.29 is 0 Å². The lowest BCUT2D eigenvalue weighted by Gasteiger charge is -2.28. The highest BCUT2D eigenvalue weighted by Crippen LogP contribution is 2.21. The Bertz CT molecular complexity index is 391. The second-order valence-electron chi connectivity index (χ2n) is 4.90. The van der Waals surface area contributed by atoms with Crippen LogP contribution in [0.25, 0.3) is 0 Å². The van der Waals surface area contributed by atoms with Gasteiger partial charge in [-0.2, -0.15) is 0 Å². The first kappa shape index (κ1) is 13.3. The third-order valence-electron chi connectivity index (χ3n) is 3.35. The molecule has 0 amide bonds. The van der Waals surface area contributed by atoms with Crippen LogP contribution in [0.3, 0.4) is 0 Å². The van der Waals surface area contributed by atoms with E-state index in [-0.39, 0.29) is 0 Å². The van der Waals surface area contributed by atoms with Gasteiger partial charge in [0.25, 0.3) is 0 Å². The maximum atomic E-state index is 5.64. The second-order valence-corrected chi connectivity index (χ2v) is 5.12. The van der Waals surface area contributed by atoms with Gasteiger partial charge in [-0.05, 0) is 56.0 Å². The molecule has 2 nitrogen and oxygen atoms in total. The van der Waals surface area contributed by atoms with E-state index in [0.29, 0.717) is 0 Å². The standard InChI is InChI=1S/C15H21ClN2/c1-13(11-16)12-17-14-5-7-15(8-6-14)18-9-3-2-4-10-18/h5-8,11,17H,2-4,9-10,12H2,1H3/b13-11-. The Hall–Kier alpha value is -1.15. The minimum atomic E-state index is 0.798. The van der Waals surface area contributed by atoms with Crippen LogP contribution in [0.15, 0.2) is 35.4 Å². The van der Waals surface area contributed by atoms with Crippen molar-refractivity contribution in [2.75, 3.05) is 29.9 Å². The van der Waals surface area contributed by atoms with Crippen molar-refractivity contribution in [2.45, 2.75) is 26.2 Å². The number of rotatable bonds is 4. The third kappa shape index (κ3) is 3.67. The number of hydrogen-bond acceptors (Lipinski definition) is 2. The molecule has 1 aliphatic heterocycles. The lowest BCUT2D eigenvalue weighted by Crippen LogP contribution is -2.29. The Morgan fingerprint density at radius 1 is 1.22 bits per heavy atom. The average Bonchev–Trinajstić information content (AvgIpc) is 2.46. The highest BCUT2D eigenvalue weighted by Gasteiger charge is 2.10. The molecule has 2 rings (SSSR count). The molecule has 1 fully saturated rings. The number of anilines is 2. The zero-order chi connectivity index (χ0) is 12.8. The number of piperidine rings is 1. The molecule has 1 aromatic rings. The predicted molar refractivity (Wildman–Crippen MR) is 80.6 cm³/mol. The molecule has 1 saturated heterocycles. The third-order valence-corrected chi connectivity index (χ3v) is 3.72. The van der Waals surface area contributed by atoms with Gasteiger partial charge < -0.3 is 10.2 Å². The average molecular weight is 265 g/mol. The minimum absolute atomic E-state index is 0.798. The molecule has 0 radical (unpaired) electrons. The molecule has 1 aliphatic rings. The normalized spacial score (nSPS) is 16.8. The molecule has 0 atom stereocenters. The summed E-state index contributed by atoms with van der Waals surface area (Å²) in [5.74, 6) is 0. The minimum Gasteiger partial charge on any atom is -0.381 e. The number of nitrogens with zero attached hydrogens (tertiary/aromatic N) is 1. The maximum absolute atomic E-state index is 5.64. The summed E-state index contributed by atoms with van der Waals surface area (Å²) in [5, 5.41) is 3.35. The number of benzene rings is 1. The SMILES string of the molecule is C/C(=C/Cl)CNc1ccc(N2CCCCC2)cc1. The first-order chi connectivity index (χ1) is 8.79. The molecular formula is C15H21ClN2. The fraction of sp³-hybridized carbons (Fsp3) is 0.467. The molecule has 0 aliphatic carbocycles. The predicted octanol–water partition coefficient (Wildman–Crippen LogP) is 4.23. The Morgan fingerprint density at radius 3 is 2.50 bits per heavy atom. The van der Waals surface area contributed by atoms with Gasteiger partial charge in [-0.3, -0.25) is 0 Å². The van der Waals surface area contributed by atoms with Crippen molar-refractivity contribution in [3.8, 4) is 0 Å². The van der Waals surface area contributed by atoms with Crippen LogP contribution in [0.5, 0.6) is 0 Å². The Morgan fingerprint density at radius 2 is 1.89 bits per heavy atom. The Kier molecular flexibility index (Phi) is 4.94. The van der Waals surface area contributed by atoms with Crippen LogP contribution in [-0.4, -0.2) is 19.6 Å². The molecule has 1 heterocycles. The second kappa shape index (κ2) is 6.69. The number of nitrogens with one attached hydrogen (secondary N) is 1. The highest BCUT2D eigenvalue weighted by atomic mass is 35.5. The fourth-order valence-corrected chi connectivity index (χ4v) is 2.30. The van der Waals surface area contributed by atoms with E-state index < -0.39 is 0 Å². The van der Waals surface area contributed by atoms with Gasteiger partial charge in [0.05, 0.1) is 0 Å². The summed E-state index contributed by atoms with van der Waals surface area (Å²) in [7, 11) is 0. The monoisotopic (exact) mass is 264 g/mol. The van der Waals surface area contributed by atoms with E-state index in [1.54, 1.807) is 5.54 Å². The molecule has 18 heavy (non-hydrogen) atoms. The lowest BCUT2D eigenvalue weighted by atomic mass is 10.1. The Balaban J connectivity index is 1.92. The Labute approximate surface area is 115 Å². The van der Waals surface area contributed by atoms with E-state index in [1.165, 1.54) is 38.0 Å². The van der Waals surface area contributed by atoms with E-state index in [9.17, 15) is 0 Å². The summed E-state index contributed by atoms with van der Waals surface area (Å²) in [6.07, 6.45) is 4.01. The van der Waals surface area contributed by atoms with Crippen LogP contribution >= 0.6 is 11.6 Å². The maximum Gasteiger partial charge on any atom is 0.0369 e. The van der Waals surface area contributed by atoms with Crippen LogP contribution in [0, 0.1) is 0 Å². The van der Waals surface area contributed by atoms with Gasteiger partial charge in [-0.15, -0.1) is 0 Å². The molecule has 1 aromatic carbocycles.